The highest BCUT2D eigenvalue weighted by atomic mass is 16.5. The normalized spacial score (nSPS) is 12.9. The molecule has 0 fully saturated rings. The van der Waals surface area contributed by atoms with E-state index < -0.39 is 24.0 Å². The minimum absolute atomic E-state index is 0.0445. The van der Waals surface area contributed by atoms with Crippen LogP contribution in [0.25, 0.3) is 11.1 Å². The molecule has 3 N–H and O–H groups in total. The molecule has 2 aromatic carbocycles. The monoisotopic (exact) mass is 459 g/mol. The average molecular weight is 460 g/mol. The Morgan fingerprint density at radius 2 is 1.68 bits per heavy atom. The van der Waals surface area contributed by atoms with Gasteiger partial charge in [0.05, 0.1) is 17.8 Å². The zero-order valence-corrected chi connectivity index (χ0v) is 18.7. The summed E-state index contributed by atoms with van der Waals surface area (Å²) in [5.41, 5.74) is 4.99. The molecule has 1 aliphatic rings. The fraction of sp³-hybridized carbons (Fsp3) is 0.231. The summed E-state index contributed by atoms with van der Waals surface area (Å²) >= 11 is 0. The number of aromatic carboxylic acids is 1. The van der Waals surface area contributed by atoms with Crippen LogP contribution < -0.4 is 10.6 Å². The maximum Gasteiger partial charge on any atom is 0.407 e. The number of carbonyl (C=O) groups is 3. The van der Waals surface area contributed by atoms with Gasteiger partial charge in [-0.05, 0) is 40.8 Å². The number of nitrogens with one attached hydrogen (secondary N) is 2. The predicted octanol–water partition coefficient (Wildman–Crippen LogP) is 3.71. The molecule has 0 aliphatic heterocycles. The Morgan fingerprint density at radius 3 is 2.29 bits per heavy atom. The fourth-order valence-corrected chi connectivity index (χ4v) is 4.14. The Morgan fingerprint density at radius 1 is 1.03 bits per heavy atom. The summed E-state index contributed by atoms with van der Waals surface area (Å²) in [4.78, 5) is 40.2. The number of rotatable bonds is 8. The quantitative estimate of drug-likeness (QED) is 0.473. The second-order valence-electron chi connectivity index (χ2n) is 7.99. The molecule has 3 aromatic rings. The molecule has 34 heavy (non-hydrogen) atoms. The van der Waals surface area contributed by atoms with Crippen LogP contribution >= 0.6 is 0 Å². The lowest BCUT2D eigenvalue weighted by molar-refractivity contribution is -0.123. The first-order valence-electron chi connectivity index (χ1n) is 11.1. The number of nitrogens with zero attached hydrogens (tertiary/aromatic N) is 1. The lowest BCUT2D eigenvalue weighted by Crippen LogP contribution is -2.46. The Balaban J connectivity index is 1.33. The maximum atomic E-state index is 12.6. The number of ether oxygens (including phenoxy) is 1. The summed E-state index contributed by atoms with van der Waals surface area (Å²) in [5.74, 6) is -1.54. The van der Waals surface area contributed by atoms with E-state index in [0.29, 0.717) is 12.1 Å². The molecular formula is C26H25N3O5. The molecule has 4 rings (SSSR count). The lowest BCUT2D eigenvalue weighted by atomic mass is 9.98. The van der Waals surface area contributed by atoms with E-state index in [4.69, 9.17) is 9.84 Å². The number of hydrogen-bond acceptors (Lipinski definition) is 5. The van der Waals surface area contributed by atoms with Crippen molar-refractivity contribution < 1.29 is 24.2 Å². The van der Waals surface area contributed by atoms with Gasteiger partial charge < -0.3 is 20.5 Å². The van der Waals surface area contributed by atoms with Gasteiger partial charge in [-0.2, -0.15) is 0 Å². The van der Waals surface area contributed by atoms with Gasteiger partial charge in [0, 0.05) is 12.1 Å². The van der Waals surface area contributed by atoms with Crippen LogP contribution in [0, 0.1) is 0 Å². The van der Waals surface area contributed by atoms with Crippen molar-refractivity contribution in [3.8, 4) is 11.1 Å². The minimum atomic E-state index is -1.07. The second kappa shape index (κ2) is 10.2. The average Bonchev–Trinajstić information content (AvgIpc) is 3.18. The highest BCUT2D eigenvalue weighted by Gasteiger charge is 2.29. The molecule has 1 atom stereocenters. The van der Waals surface area contributed by atoms with E-state index in [-0.39, 0.29) is 24.6 Å². The SMILES string of the molecule is CC[C@H](NC(=O)OCC1c2ccccc2-c2ccccc21)C(=O)NCc1cc(C(=O)O)ccn1. The number of amides is 2. The first-order valence-corrected chi connectivity index (χ1v) is 11.1. The van der Waals surface area contributed by atoms with Crippen LogP contribution in [0.3, 0.4) is 0 Å². The number of carboxylic acid groups (broad SMARTS) is 1. The number of benzene rings is 2. The molecule has 0 unspecified atom stereocenters. The van der Waals surface area contributed by atoms with Crippen LogP contribution in [-0.4, -0.2) is 40.7 Å². The van der Waals surface area contributed by atoms with Crippen LogP contribution in [0.4, 0.5) is 4.79 Å². The molecule has 0 saturated carbocycles. The third-order valence-corrected chi connectivity index (χ3v) is 5.87. The van der Waals surface area contributed by atoms with Crippen molar-refractivity contribution in [3.63, 3.8) is 0 Å². The van der Waals surface area contributed by atoms with Gasteiger partial charge in [-0.3, -0.25) is 9.78 Å². The predicted molar refractivity (Wildman–Crippen MR) is 125 cm³/mol. The van der Waals surface area contributed by atoms with E-state index in [1.165, 1.54) is 18.3 Å². The van der Waals surface area contributed by atoms with Gasteiger partial charge in [-0.25, -0.2) is 9.59 Å². The van der Waals surface area contributed by atoms with E-state index in [1.807, 2.05) is 36.4 Å². The van der Waals surface area contributed by atoms with Gasteiger partial charge >= 0.3 is 12.1 Å². The Hall–Kier alpha value is -4.20. The molecule has 1 aromatic heterocycles. The van der Waals surface area contributed by atoms with Crippen molar-refractivity contribution in [1.29, 1.82) is 0 Å². The number of fused-ring (bicyclic) bond motifs is 3. The molecule has 0 bridgehead atoms. The summed E-state index contributed by atoms with van der Waals surface area (Å²) in [5, 5.41) is 14.4. The van der Waals surface area contributed by atoms with E-state index in [1.54, 1.807) is 6.92 Å². The summed E-state index contributed by atoms with van der Waals surface area (Å²) in [6, 6.07) is 18.1. The molecule has 174 valence electrons. The molecule has 8 nitrogen and oxygen atoms in total. The van der Waals surface area contributed by atoms with Crippen LogP contribution in [0.15, 0.2) is 66.9 Å². The third kappa shape index (κ3) is 4.91. The molecule has 0 saturated heterocycles. The van der Waals surface area contributed by atoms with Crippen molar-refractivity contribution in [1.82, 2.24) is 15.6 Å². The van der Waals surface area contributed by atoms with Gasteiger partial charge in [0.25, 0.3) is 0 Å². The highest BCUT2D eigenvalue weighted by molar-refractivity contribution is 5.88. The standard InChI is InChI=1S/C26H25N3O5/c1-2-23(24(30)28-14-17-13-16(25(31)32)11-12-27-17)29-26(33)34-15-22-20-9-5-3-7-18(20)19-8-4-6-10-21(19)22/h3-13,22-23H,2,14-15H2,1H3,(H,28,30)(H,29,33)(H,31,32)/t23-/m0/s1. The summed E-state index contributed by atoms with van der Waals surface area (Å²) in [6.07, 6.45) is 1.06. The van der Waals surface area contributed by atoms with Crippen molar-refractivity contribution in [3.05, 3.63) is 89.2 Å². The van der Waals surface area contributed by atoms with E-state index >= 15 is 0 Å². The Labute approximate surface area is 197 Å². The Bertz CT molecular complexity index is 1180. The maximum absolute atomic E-state index is 12.6. The molecule has 8 heteroatoms. The highest BCUT2D eigenvalue weighted by Crippen LogP contribution is 2.44. The fourth-order valence-electron chi connectivity index (χ4n) is 4.14. The number of aromatic nitrogens is 1. The lowest BCUT2D eigenvalue weighted by Gasteiger charge is -2.18. The van der Waals surface area contributed by atoms with E-state index in [2.05, 4.69) is 27.8 Å². The smallest absolute Gasteiger partial charge is 0.407 e. The number of pyridine rings is 1. The minimum Gasteiger partial charge on any atom is -0.478 e. The van der Waals surface area contributed by atoms with Crippen molar-refractivity contribution in [2.45, 2.75) is 31.8 Å². The molecule has 1 aliphatic carbocycles. The van der Waals surface area contributed by atoms with Crippen molar-refractivity contribution >= 4 is 18.0 Å². The van der Waals surface area contributed by atoms with Crippen LogP contribution in [0.5, 0.6) is 0 Å². The summed E-state index contributed by atoms with van der Waals surface area (Å²) in [7, 11) is 0. The van der Waals surface area contributed by atoms with Crippen molar-refractivity contribution in [2.75, 3.05) is 6.61 Å². The van der Waals surface area contributed by atoms with Gasteiger partial charge in [-0.15, -0.1) is 0 Å². The molecule has 2 amide bonds. The van der Waals surface area contributed by atoms with Crippen LogP contribution in [0.1, 0.15) is 46.4 Å². The van der Waals surface area contributed by atoms with E-state index in [0.717, 1.165) is 22.3 Å². The number of alkyl carbamates (subject to hydrolysis) is 1. The molecule has 0 radical (unpaired) electrons. The topological polar surface area (TPSA) is 118 Å². The van der Waals surface area contributed by atoms with Crippen LogP contribution in [0.2, 0.25) is 0 Å². The van der Waals surface area contributed by atoms with E-state index in [9.17, 15) is 14.4 Å². The van der Waals surface area contributed by atoms with Gasteiger partial charge in [-0.1, -0.05) is 55.5 Å². The second-order valence-corrected chi connectivity index (χ2v) is 7.99. The number of carboxylic acids is 1. The Kier molecular flexibility index (Phi) is 6.87. The summed E-state index contributed by atoms with van der Waals surface area (Å²) in [6.45, 7) is 1.98. The molecule has 0 spiro atoms. The molecular weight excluding hydrogens is 434 g/mol. The zero-order chi connectivity index (χ0) is 24.1. The van der Waals surface area contributed by atoms with Crippen molar-refractivity contribution in [2.24, 2.45) is 0 Å². The van der Waals surface area contributed by atoms with Gasteiger partial charge in [0.15, 0.2) is 0 Å². The van der Waals surface area contributed by atoms with Crippen LogP contribution in [-0.2, 0) is 16.1 Å². The first-order chi connectivity index (χ1) is 16.5. The third-order valence-electron chi connectivity index (χ3n) is 5.87. The number of hydrogen-bond donors (Lipinski definition) is 3. The van der Waals surface area contributed by atoms with Gasteiger partial charge in [0.1, 0.15) is 12.6 Å². The molecule has 1 heterocycles. The largest absolute Gasteiger partial charge is 0.478 e. The van der Waals surface area contributed by atoms with Gasteiger partial charge in [0.2, 0.25) is 5.91 Å². The number of carbonyl (C=O) groups excluding carboxylic acids is 2. The summed E-state index contributed by atoms with van der Waals surface area (Å²) < 4.78 is 5.52. The zero-order valence-electron chi connectivity index (χ0n) is 18.7. The first kappa shape index (κ1) is 23.0.